The maximum atomic E-state index is 12.7. The molecule has 2 amide bonds. The van der Waals surface area contributed by atoms with E-state index in [1.54, 1.807) is 6.92 Å². The minimum Gasteiger partial charge on any atom is -0.466 e. The minimum atomic E-state index is -0.250. The molecule has 6 heteroatoms. The fourth-order valence-electron chi connectivity index (χ4n) is 7.24. The highest BCUT2D eigenvalue weighted by Crippen LogP contribution is 2.45. The Morgan fingerprint density at radius 2 is 1.43 bits per heavy atom. The van der Waals surface area contributed by atoms with Crippen LogP contribution in [0.4, 0.5) is 5.69 Å². The Morgan fingerprint density at radius 1 is 0.909 bits per heavy atom. The summed E-state index contributed by atoms with van der Waals surface area (Å²) in [6.07, 6.45) is 8.43. The number of carbonyl (C=O) groups is 3. The van der Waals surface area contributed by atoms with Gasteiger partial charge in [-0.2, -0.15) is 0 Å². The zero-order chi connectivity index (χ0) is 33.7. The fraction of sp³-hybridized carbons (Fsp3) is 0.763. The number of hydrogen-bond acceptors (Lipinski definition) is 4. The van der Waals surface area contributed by atoms with Crippen molar-refractivity contribution in [1.82, 2.24) is 5.32 Å². The van der Waals surface area contributed by atoms with E-state index in [0.29, 0.717) is 30.3 Å². The summed E-state index contributed by atoms with van der Waals surface area (Å²) in [5.41, 5.74) is 2.86. The van der Waals surface area contributed by atoms with Crippen molar-refractivity contribution in [2.75, 3.05) is 11.9 Å². The second kappa shape index (κ2) is 18.6. The van der Waals surface area contributed by atoms with Crippen LogP contribution in [0.25, 0.3) is 0 Å². The smallest absolute Gasteiger partial charge is 0.307 e. The van der Waals surface area contributed by atoms with Gasteiger partial charge in [-0.15, -0.1) is 0 Å². The molecule has 2 aliphatic carbocycles. The number of ether oxygens (including phenoxy) is 1. The van der Waals surface area contributed by atoms with Gasteiger partial charge in [-0.3, -0.25) is 14.4 Å². The predicted molar refractivity (Wildman–Crippen MR) is 184 cm³/mol. The van der Waals surface area contributed by atoms with Crippen molar-refractivity contribution in [1.29, 1.82) is 0 Å². The van der Waals surface area contributed by atoms with Gasteiger partial charge in [0.05, 0.1) is 13.0 Å². The fourth-order valence-corrected chi connectivity index (χ4v) is 7.24. The van der Waals surface area contributed by atoms with Gasteiger partial charge in [0.1, 0.15) is 0 Å². The van der Waals surface area contributed by atoms with Crippen molar-refractivity contribution in [3.05, 3.63) is 29.8 Å². The normalized spacial score (nSPS) is 24.5. The Balaban J connectivity index is 0.000000367. The Kier molecular flexibility index (Phi) is 16.7. The number of rotatable bonds is 9. The third-order valence-electron chi connectivity index (χ3n) is 9.70. The SMILES string of the molecule is CC(C)C1CCC(C)(C)CC1C.CCOC(=O)CC(C)NC(=O)C1CC(C)(C)CCC1C(C)C.Cc1ccc(NC=O)cc1. The number of carbonyl (C=O) groups excluding carboxylic acids is 3. The van der Waals surface area contributed by atoms with Crippen molar-refractivity contribution >= 4 is 24.0 Å². The van der Waals surface area contributed by atoms with E-state index in [2.05, 4.69) is 72.9 Å². The van der Waals surface area contributed by atoms with Crippen molar-refractivity contribution in [3.63, 3.8) is 0 Å². The Morgan fingerprint density at radius 3 is 1.91 bits per heavy atom. The molecular formula is C38H66N2O4. The molecule has 0 radical (unpaired) electrons. The van der Waals surface area contributed by atoms with Crippen LogP contribution < -0.4 is 10.6 Å². The predicted octanol–water partition coefficient (Wildman–Crippen LogP) is 9.21. The molecule has 0 bridgehead atoms. The molecule has 0 saturated heterocycles. The lowest BCUT2D eigenvalue weighted by Crippen LogP contribution is -2.45. The second-order valence-corrected chi connectivity index (χ2v) is 15.8. The summed E-state index contributed by atoms with van der Waals surface area (Å²) in [4.78, 5) is 34.1. The molecule has 0 aliphatic heterocycles. The molecule has 5 unspecified atom stereocenters. The topological polar surface area (TPSA) is 84.5 Å². The van der Waals surface area contributed by atoms with E-state index in [9.17, 15) is 14.4 Å². The van der Waals surface area contributed by atoms with E-state index in [-0.39, 0.29) is 35.7 Å². The molecule has 2 aliphatic rings. The van der Waals surface area contributed by atoms with Gasteiger partial charge in [0, 0.05) is 17.6 Å². The maximum Gasteiger partial charge on any atom is 0.307 e. The van der Waals surface area contributed by atoms with E-state index >= 15 is 0 Å². The van der Waals surface area contributed by atoms with Gasteiger partial charge in [0.25, 0.3) is 0 Å². The van der Waals surface area contributed by atoms with Crippen LogP contribution in [0.5, 0.6) is 0 Å². The monoisotopic (exact) mass is 615 g/mol. The van der Waals surface area contributed by atoms with Crippen LogP contribution >= 0.6 is 0 Å². The first-order valence-corrected chi connectivity index (χ1v) is 17.1. The molecule has 5 atom stereocenters. The standard InChI is InChI=1S/C18H33NO3.C12H24.C8H9NO/c1-7-22-16(20)10-13(4)19-17(21)15-11-18(5,6)9-8-14(15)12(2)3;1-9(2)11-6-7-12(4,5)8-10(11)3;1-7-2-4-8(5-3-7)9-6-10/h12-15H,7-11H2,1-6H3,(H,19,21);9-11H,6-8H2,1-5H3;2-6H,1H3,(H,9,10). The van der Waals surface area contributed by atoms with E-state index in [1.165, 1.54) is 31.2 Å². The van der Waals surface area contributed by atoms with Crippen LogP contribution in [0.1, 0.15) is 127 Å². The lowest BCUT2D eigenvalue weighted by Gasteiger charge is -2.42. The van der Waals surface area contributed by atoms with Gasteiger partial charge in [-0.1, -0.05) is 80.0 Å². The zero-order valence-corrected chi connectivity index (χ0v) is 30.2. The molecule has 2 N–H and O–H groups in total. The van der Waals surface area contributed by atoms with Gasteiger partial charge in [-0.25, -0.2) is 0 Å². The number of anilines is 1. The second-order valence-electron chi connectivity index (χ2n) is 15.8. The maximum absolute atomic E-state index is 12.7. The molecule has 1 aromatic rings. The van der Waals surface area contributed by atoms with Gasteiger partial charge in [0.2, 0.25) is 12.3 Å². The Hall–Kier alpha value is -2.37. The minimum absolute atomic E-state index is 0.0494. The van der Waals surface area contributed by atoms with Crippen LogP contribution in [-0.4, -0.2) is 30.9 Å². The first-order chi connectivity index (χ1) is 20.4. The summed E-state index contributed by atoms with van der Waals surface area (Å²) in [5, 5.41) is 5.58. The average Bonchev–Trinajstić information content (AvgIpc) is 2.89. The van der Waals surface area contributed by atoms with Gasteiger partial charge in [-0.05, 0) is 112 Å². The largest absolute Gasteiger partial charge is 0.466 e. The number of nitrogens with one attached hydrogen (secondary N) is 2. The van der Waals surface area contributed by atoms with Crippen molar-refractivity contribution in [2.45, 2.75) is 134 Å². The lowest BCUT2D eigenvalue weighted by atomic mass is 9.64. The van der Waals surface area contributed by atoms with E-state index in [0.717, 1.165) is 36.3 Å². The summed E-state index contributed by atoms with van der Waals surface area (Å²) in [6.45, 7) is 26.9. The van der Waals surface area contributed by atoms with Gasteiger partial charge < -0.3 is 15.4 Å². The van der Waals surface area contributed by atoms with E-state index in [1.807, 2.05) is 38.1 Å². The van der Waals surface area contributed by atoms with Crippen LogP contribution in [0, 0.1) is 53.3 Å². The van der Waals surface area contributed by atoms with Crippen LogP contribution in [0.3, 0.4) is 0 Å². The molecule has 0 heterocycles. The Bertz CT molecular complexity index is 999. The summed E-state index contributed by atoms with van der Waals surface area (Å²) < 4.78 is 4.94. The lowest BCUT2D eigenvalue weighted by molar-refractivity contribution is -0.143. The number of aryl methyl sites for hydroxylation is 1. The molecular weight excluding hydrogens is 548 g/mol. The number of hydrogen-bond donors (Lipinski definition) is 2. The molecule has 0 spiro atoms. The number of benzene rings is 1. The van der Waals surface area contributed by atoms with Crippen molar-refractivity contribution in [3.8, 4) is 0 Å². The molecule has 0 aromatic heterocycles. The first kappa shape index (κ1) is 39.7. The van der Waals surface area contributed by atoms with Gasteiger partial charge in [0.15, 0.2) is 0 Å². The zero-order valence-electron chi connectivity index (χ0n) is 30.2. The molecule has 6 nitrogen and oxygen atoms in total. The van der Waals surface area contributed by atoms with E-state index in [4.69, 9.17) is 4.74 Å². The quantitative estimate of drug-likeness (QED) is 0.214. The van der Waals surface area contributed by atoms with Gasteiger partial charge >= 0.3 is 5.97 Å². The highest BCUT2D eigenvalue weighted by atomic mass is 16.5. The number of amides is 2. The summed E-state index contributed by atoms with van der Waals surface area (Å²) in [6, 6.07) is 7.45. The third kappa shape index (κ3) is 14.6. The average molecular weight is 615 g/mol. The highest BCUT2D eigenvalue weighted by molar-refractivity contribution is 5.80. The van der Waals surface area contributed by atoms with Crippen molar-refractivity contribution in [2.24, 2.45) is 46.3 Å². The van der Waals surface area contributed by atoms with Crippen molar-refractivity contribution < 1.29 is 19.1 Å². The molecule has 1 aromatic carbocycles. The summed E-state index contributed by atoms with van der Waals surface area (Å²) >= 11 is 0. The molecule has 2 saturated carbocycles. The summed E-state index contributed by atoms with van der Waals surface area (Å²) in [5.74, 6) is 3.65. The first-order valence-electron chi connectivity index (χ1n) is 17.1. The molecule has 252 valence electrons. The third-order valence-corrected chi connectivity index (χ3v) is 9.70. The number of esters is 1. The molecule has 3 rings (SSSR count). The van der Waals surface area contributed by atoms with Crippen LogP contribution in [0.15, 0.2) is 24.3 Å². The van der Waals surface area contributed by atoms with Crippen LogP contribution in [-0.2, 0) is 19.1 Å². The Labute approximate surface area is 270 Å². The van der Waals surface area contributed by atoms with E-state index < -0.39 is 0 Å². The highest BCUT2D eigenvalue weighted by Gasteiger charge is 2.40. The molecule has 2 fully saturated rings. The molecule has 44 heavy (non-hydrogen) atoms. The van der Waals surface area contributed by atoms with Crippen LogP contribution in [0.2, 0.25) is 0 Å². The summed E-state index contributed by atoms with van der Waals surface area (Å²) in [7, 11) is 0.